The summed E-state index contributed by atoms with van der Waals surface area (Å²) < 4.78 is 4.67. The number of carbonyl (C=O) groups is 2. The Kier molecular flexibility index (Phi) is 4.83. The SMILES string of the molecule is COC(=O)C(NC(=O)c1cccnc1C)C(C)C. The van der Waals surface area contributed by atoms with Crippen molar-refractivity contribution in [2.24, 2.45) is 5.92 Å². The molecule has 1 rings (SSSR count). The first-order valence-electron chi connectivity index (χ1n) is 5.77. The molecule has 1 aromatic rings. The Morgan fingerprint density at radius 3 is 2.56 bits per heavy atom. The third kappa shape index (κ3) is 3.29. The molecule has 1 heterocycles. The van der Waals surface area contributed by atoms with Gasteiger partial charge in [0.2, 0.25) is 0 Å². The zero-order chi connectivity index (χ0) is 13.7. The van der Waals surface area contributed by atoms with Crippen LogP contribution < -0.4 is 5.32 Å². The number of rotatable bonds is 4. The molecule has 18 heavy (non-hydrogen) atoms. The molecule has 0 aliphatic carbocycles. The van der Waals surface area contributed by atoms with Crippen molar-refractivity contribution in [2.45, 2.75) is 26.8 Å². The maximum atomic E-state index is 12.0. The molecule has 5 nitrogen and oxygen atoms in total. The van der Waals surface area contributed by atoms with Gasteiger partial charge in [-0.2, -0.15) is 0 Å². The van der Waals surface area contributed by atoms with Gasteiger partial charge in [-0.15, -0.1) is 0 Å². The number of nitrogens with one attached hydrogen (secondary N) is 1. The zero-order valence-corrected chi connectivity index (χ0v) is 11.1. The molecule has 0 spiro atoms. The Labute approximate surface area is 107 Å². The number of amides is 1. The third-order valence-corrected chi connectivity index (χ3v) is 2.66. The van der Waals surface area contributed by atoms with Crippen LogP contribution in [0.4, 0.5) is 0 Å². The summed E-state index contributed by atoms with van der Waals surface area (Å²) in [5.74, 6) is -0.803. The predicted octanol–water partition coefficient (Wildman–Crippen LogP) is 1.32. The molecule has 0 saturated heterocycles. The van der Waals surface area contributed by atoms with Crippen molar-refractivity contribution in [1.29, 1.82) is 0 Å². The van der Waals surface area contributed by atoms with Crippen molar-refractivity contribution in [2.75, 3.05) is 7.11 Å². The molecular formula is C13H18N2O3. The fourth-order valence-electron chi connectivity index (χ4n) is 1.57. The fraction of sp³-hybridized carbons (Fsp3) is 0.462. The van der Waals surface area contributed by atoms with Gasteiger partial charge in [0.05, 0.1) is 12.7 Å². The van der Waals surface area contributed by atoms with E-state index in [1.165, 1.54) is 7.11 Å². The molecule has 0 radical (unpaired) electrons. The maximum Gasteiger partial charge on any atom is 0.328 e. The molecule has 0 aliphatic rings. The van der Waals surface area contributed by atoms with Gasteiger partial charge in [-0.25, -0.2) is 4.79 Å². The first-order chi connectivity index (χ1) is 8.47. The highest BCUT2D eigenvalue weighted by Gasteiger charge is 2.25. The van der Waals surface area contributed by atoms with Gasteiger partial charge in [-0.1, -0.05) is 13.8 Å². The van der Waals surface area contributed by atoms with Crippen LogP contribution >= 0.6 is 0 Å². The van der Waals surface area contributed by atoms with E-state index in [1.54, 1.807) is 25.3 Å². The van der Waals surface area contributed by atoms with Gasteiger partial charge in [-0.3, -0.25) is 9.78 Å². The summed E-state index contributed by atoms with van der Waals surface area (Å²) in [5.41, 5.74) is 1.09. The summed E-state index contributed by atoms with van der Waals surface area (Å²) in [6.07, 6.45) is 1.62. The molecule has 0 bridgehead atoms. The van der Waals surface area contributed by atoms with E-state index in [9.17, 15) is 9.59 Å². The number of methoxy groups -OCH3 is 1. The van der Waals surface area contributed by atoms with Gasteiger partial charge in [0.25, 0.3) is 5.91 Å². The topological polar surface area (TPSA) is 68.3 Å². The van der Waals surface area contributed by atoms with Crippen molar-refractivity contribution in [1.82, 2.24) is 10.3 Å². The molecular weight excluding hydrogens is 232 g/mol. The number of aryl methyl sites for hydroxylation is 1. The first-order valence-corrected chi connectivity index (χ1v) is 5.77. The van der Waals surface area contributed by atoms with Crippen molar-refractivity contribution in [3.63, 3.8) is 0 Å². The largest absolute Gasteiger partial charge is 0.467 e. The van der Waals surface area contributed by atoms with E-state index in [1.807, 2.05) is 13.8 Å². The number of esters is 1. The highest BCUT2D eigenvalue weighted by atomic mass is 16.5. The standard InChI is InChI=1S/C13H18N2O3/c1-8(2)11(13(17)18-4)15-12(16)10-6-5-7-14-9(10)3/h5-8,11H,1-4H3,(H,15,16). The molecule has 1 aromatic heterocycles. The molecule has 0 aliphatic heterocycles. The Hall–Kier alpha value is -1.91. The van der Waals surface area contributed by atoms with E-state index in [2.05, 4.69) is 15.0 Å². The van der Waals surface area contributed by atoms with Gasteiger partial charge in [-0.05, 0) is 25.0 Å². The van der Waals surface area contributed by atoms with Crippen LogP contribution in [0.3, 0.4) is 0 Å². The number of aromatic nitrogens is 1. The molecule has 0 aromatic carbocycles. The Bertz CT molecular complexity index is 444. The van der Waals surface area contributed by atoms with Crippen LogP contribution in [0.15, 0.2) is 18.3 Å². The summed E-state index contributed by atoms with van der Waals surface area (Å²) in [4.78, 5) is 27.6. The molecule has 1 amide bonds. The van der Waals surface area contributed by atoms with Crippen LogP contribution in [0, 0.1) is 12.8 Å². The molecule has 1 atom stereocenters. The Balaban J connectivity index is 2.86. The third-order valence-electron chi connectivity index (χ3n) is 2.66. The van der Waals surface area contributed by atoms with Crippen molar-refractivity contribution < 1.29 is 14.3 Å². The quantitative estimate of drug-likeness (QED) is 0.818. The average Bonchev–Trinajstić information content (AvgIpc) is 2.35. The van der Waals surface area contributed by atoms with Gasteiger partial charge >= 0.3 is 5.97 Å². The minimum Gasteiger partial charge on any atom is -0.467 e. The number of pyridine rings is 1. The van der Waals surface area contributed by atoms with Gasteiger partial charge in [0.1, 0.15) is 6.04 Å². The van der Waals surface area contributed by atoms with Crippen LogP contribution in [-0.4, -0.2) is 30.0 Å². The highest BCUT2D eigenvalue weighted by Crippen LogP contribution is 2.08. The minimum absolute atomic E-state index is 0.0432. The van der Waals surface area contributed by atoms with Crippen LogP contribution in [0.1, 0.15) is 29.9 Å². The smallest absolute Gasteiger partial charge is 0.328 e. The minimum atomic E-state index is -0.651. The lowest BCUT2D eigenvalue weighted by Crippen LogP contribution is -2.45. The molecule has 1 N–H and O–H groups in total. The van der Waals surface area contributed by atoms with E-state index < -0.39 is 12.0 Å². The Morgan fingerprint density at radius 2 is 2.06 bits per heavy atom. The lowest BCUT2D eigenvalue weighted by molar-refractivity contribution is -0.144. The van der Waals surface area contributed by atoms with Crippen molar-refractivity contribution in [3.8, 4) is 0 Å². The molecule has 0 saturated carbocycles. The number of carbonyl (C=O) groups excluding carboxylic acids is 2. The van der Waals surface area contributed by atoms with Crippen LogP contribution in [0.25, 0.3) is 0 Å². The van der Waals surface area contributed by atoms with Crippen LogP contribution in [0.5, 0.6) is 0 Å². The molecule has 5 heteroatoms. The molecule has 0 fully saturated rings. The van der Waals surface area contributed by atoms with Crippen molar-refractivity contribution >= 4 is 11.9 Å². The zero-order valence-electron chi connectivity index (χ0n) is 11.1. The number of hydrogen-bond donors (Lipinski definition) is 1. The van der Waals surface area contributed by atoms with E-state index in [0.29, 0.717) is 11.3 Å². The average molecular weight is 250 g/mol. The lowest BCUT2D eigenvalue weighted by Gasteiger charge is -2.20. The predicted molar refractivity (Wildman–Crippen MR) is 67.1 cm³/mol. The maximum absolute atomic E-state index is 12.0. The van der Waals surface area contributed by atoms with Gasteiger partial charge < -0.3 is 10.1 Å². The number of hydrogen-bond acceptors (Lipinski definition) is 4. The molecule has 98 valence electrons. The van der Waals surface area contributed by atoms with Crippen LogP contribution in [-0.2, 0) is 9.53 Å². The second kappa shape index (κ2) is 6.14. The second-order valence-corrected chi connectivity index (χ2v) is 4.35. The summed E-state index contributed by atoms with van der Waals surface area (Å²) in [7, 11) is 1.30. The number of nitrogens with zero attached hydrogens (tertiary/aromatic N) is 1. The normalized spacial score (nSPS) is 12.1. The summed E-state index contributed by atoms with van der Waals surface area (Å²) >= 11 is 0. The van der Waals surface area contributed by atoms with E-state index in [4.69, 9.17) is 0 Å². The van der Waals surface area contributed by atoms with Crippen molar-refractivity contribution in [3.05, 3.63) is 29.6 Å². The lowest BCUT2D eigenvalue weighted by atomic mass is 10.0. The molecule has 1 unspecified atom stereocenters. The van der Waals surface area contributed by atoms with E-state index in [0.717, 1.165) is 0 Å². The van der Waals surface area contributed by atoms with E-state index >= 15 is 0 Å². The van der Waals surface area contributed by atoms with Gasteiger partial charge in [0, 0.05) is 11.9 Å². The second-order valence-electron chi connectivity index (χ2n) is 4.35. The summed E-state index contributed by atoms with van der Waals surface area (Å²) in [6.45, 7) is 5.44. The Morgan fingerprint density at radius 1 is 1.39 bits per heavy atom. The van der Waals surface area contributed by atoms with Crippen LogP contribution in [0.2, 0.25) is 0 Å². The monoisotopic (exact) mass is 250 g/mol. The number of ether oxygens (including phenoxy) is 1. The van der Waals surface area contributed by atoms with E-state index in [-0.39, 0.29) is 11.8 Å². The van der Waals surface area contributed by atoms with Gasteiger partial charge in [0.15, 0.2) is 0 Å². The first kappa shape index (κ1) is 14.2. The summed E-state index contributed by atoms with van der Waals surface area (Å²) in [5, 5.41) is 2.67. The highest BCUT2D eigenvalue weighted by molar-refractivity contribution is 5.97. The summed E-state index contributed by atoms with van der Waals surface area (Å²) in [6, 6.07) is 2.71. The fourth-order valence-corrected chi connectivity index (χ4v) is 1.57.